The number of aryl methyl sites for hydroxylation is 1. The van der Waals surface area contributed by atoms with Gasteiger partial charge < -0.3 is 5.11 Å². The number of fused-ring (bicyclic) bond motifs is 1. The Kier molecular flexibility index (Phi) is 3.20. The number of aliphatic hydroxyl groups is 1. The van der Waals surface area contributed by atoms with Gasteiger partial charge in [0.1, 0.15) is 0 Å². The maximum Gasteiger partial charge on any atom is 0.0832 e. The van der Waals surface area contributed by atoms with Crippen molar-refractivity contribution in [3.63, 3.8) is 0 Å². The molecule has 3 aromatic rings. The number of pyridine rings is 1. The average Bonchev–Trinajstić information content (AvgIpc) is 2.93. The maximum absolute atomic E-state index is 8.83. The molecule has 5 heteroatoms. The highest BCUT2D eigenvalue weighted by Gasteiger charge is 2.06. The van der Waals surface area contributed by atoms with Gasteiger partial charge in [0, 0.05) is 24.4 Å². The molecular weight excluding hydrogens is 240 g/mol. The lowest BCUT2D eigenvalue weighted by atomic mass is 10.1. The standard InChI is InChI=1S/C14H14N4O/c19-8-2-4-12-10-18(17-16-12)14-5-1-3-11-6-7-15-9-13(11)14/h1,3,5-7,9-10,19H,2,4,8H2. The van der Waals surface area contributed by atoms with E-state index in [-0.39, 0.29) is 6.61 Å². The van der Waals surface area contributed by atoms with Crippen molar-refractivity contribution in [2.75, 3.05) is 6.61 Å². The van der Waals surface area contributed by atoms with E-state index in [2.05, 4.69) is 15.3 Å². The molecule has 19 heavy (non-hydrogen) atoms. The molecule has 0 spiro atoms. The molecule has 1 aromatic carbocycles. The molecule has 0 saturated heterocycles. The molecule has 5 nitrogen and oxygen atoms in total. The van der Waals surface area contributed by atoms with Crippen LogP contribution in [0.15, 0.2) is 42.9 Å². The van der Waals surface area contributed by atoms with Crippen LogP contribution in [0.3, 0.4) is 0 Å². The zero-order valence-corrected chi connectivity index (χ0v) is 10.4. The molecule has 0 amide bonds. The van der Waals surface area contributed by atoms with Gasteiger partial charge in [-0.3, -0.25) is 4.98 Å². The lowest BCUT2D eigenvalue weighted by molar-refractivity contribution is 0.288. The van der Waals surface area contributed by atoms with Gasteiger partial charge in [0.25, 0.3) is 0 Å². The fourth-order valence-corrected chi connectivity index (χ4v) is 2.09. The molecule has 3 rings (SSSR count). The Morgan fingerprint density at radius 3 is 3.05 bits per heavy atom. The van der Waals surface area contributed by atoms with Crippen LogP contribution in [0.5, 0.6) is 0 Å². The number of hydrogen-bond donors (Lipinski definition) is 1. The Hall–Kier alpha value is -2.27. The van der Waals surface area contributed by atoms with Crippen LogP contribution in [0.25, 0.3) is 16.5 Å². The lowest BCUT2D eigenvalue weighted by Crippen LogP contribution is -1.96. The van der Waals surface area contributed by atoms with Gasteiger partial charge in [0.2, 0.25) is 0 Å². The van der Waals surface area contributed by atoms with E-state index in [9.17, 15) is 0 Å². The fourth-order valence-electron chi connectivity index (χ4n) is 2.09. The van der Waals surface area contributed by atoms with Crippen LogP contribution < -0.4 is 0 Å². The summed E-state index contributed by atoms with van der Waals surface area (Å²) in [4.78, 5) is 4.16. The summed E-state index contributed by atoms with van der Waals surface area (Å²) in [5.41, 5.74) is 1.85. The van der Waals surface area contributed by atoms with Crippen LogP contribution in [0, 0.1) is 0 Å². The number of benzene rings is 1. The van der Waals surface area contributed by atoms with Gasteiger partial charge in [0.15, 0.2) is 0 Å². The minimum Gasteiger partial charge on any atom is -0.396 e. The third-order valence-corrected chi connectivity index (χ3v) is 3.04. The van der Waals surface area contributed by atoms with Gasteiger partial charge in [-0.2, -0.15) is 0 Å². The third kappa shape index (κ3) is 2.32. The summed E-state index contributed by atoms with van der Waals surface area (Å²) in [7, 11) is 0. The van der Waals surface area contributed by atoms with Crippen LogP contribution in [-0.2, 0) is 6.42 Å². The lowest BCUT2D eigenvalue weighted by Gasteiger charge is -2.04. The molecule has 0 aliphatic rings. The topological polar surface area (TPSA) is 63.8 Å². The predicted molar refractivity (Wildman–Crippen MR) is 72.1 cm³/mol. The predicted octanol–water partition coefficient (Wildman–Crippen LogP) is 1.74. The Morgan fingerprint density at radius 1 is 1.21 bits per heavy atom. The average molecular weight is 254 g/mol. The zero-order chi connectivity index (χ0) is 13.1. The molecule has 0 bridgehead atoms. The summed E-state index contributed by atoms with van der Waals surface area (Å²) >= 11 is 0. The first kappa shape index (κ1) is 11.8. The van der Waals surface area contributed by atoms with Crippen LogP contribution in [0.2, 0.25) is 0 Å². The summed E-state index contributed by atoms with van der Waals surface area (Å²) in [6.45, 7) is 0.172. The van der Waals surface area contributed by atoms with Gasteiger partial charge in [-0.25, -0.2) is 4.68 Å². The number of nitrogens with zero attached hydrogens (tertiary/aromatic N) is 4. The van der Waals surface area contributed by atoms with E-state index in [1.54, 1.807) is 10.9 Å². The first-order chi connectivity index (χ1) is 9.38. The summed E-state index contributed by atoms with van der Waals surface area (Å²) < 4.78 is 1.76. The first-order valence-corrected chi connectivity index (χ1v) is 6.23. The largest absolute Gasteiger partial charge is 0.396 e. The monoisotopic (exact) mass is 254 g/mol. The molecule has 1 N–H and O–H groups in total. The van der Waals surface area contributed by atoms with Crippen LogP contribution in [0.4, 0.5) is 0 Å². The summed E-state index contributed by atoms with van der Waals surface area (Å²) in [5, 5.41) is 19.3. The molecule has 0 aliphatic carbocycles. The molecule has 0 atom stereocenters. The molecule has 96 valence electrons. The van der Waals surface area contributed by atoms with Crippen molar-refractivity contribution < 1.29 is 5.11 Å². The van der Waals surface area contributed by atoms with Gasteiger partial charge in [-0.15, -0.1) is 5.10 Å². The van der Waals surface area contributed by atoms with Crippen molar-refractivity contribution in [1.82, 2.24) is 20.0 Å². The van der Waals surface area contributed by atoms with Crippen LogP contribution in [0.1, 0.15) is 12.1 Å². The molecule has 0 saturated carbocycles. The molecule has 0 fully saturated rings. The third-order valence-electron chi connectivity index (χ3n) is 3.04. The minimum atomic E-state index is 0.172. The second-order valence-corrected chi connectivity index (χ2v) is 4.36. The van der Waals surface area contributed by atoms with E-state index in [4.69, 9.17) is 5.11 Å². The van der Waals surface area contributed by atoms with Crippen molar-refractivity contribution in [3.05, 3.63) is 48.5 Å². The molecular formula is C14H14N4O. The molecule has 2 heterocycles. The Balaban J connectivity index is 2.02. The number of aromatic nitrogens is 4. The number of aliphatic hydroxyl groups excluding tert-OH is 1. The fraction of sp³-hybridized carbons (Fsp3) is 0.214. The highest BCUT2D eigenvalue weighted by molar-refractivity contribution is 5.89. The molecule has 0 unspecified atom stereocenters. The van der Waals surface area contributed by atoms with Gasteiger partial charge in [0.05, 0.1) is 17.6 Å². The molecule has 0 aliphatic heterocycles. The second kappa shape index (κ2) is 5.16. The number of hydrogen-bond acceptors (Lipinski definition) is 4. The summed E-state index contributed by atoms with van der Waals surface area (Å²) in [6.07, 6.45) is 6.95. The quantitative estimate of drug-likeness (QED) is 0.770. The second-order valence-electron chi connectivity index (χ2n) is 4.36. The Labute approximate surface area is 110 Å². The molecule has 0 radical (unpaired) electrons. The van der Waals surface area contributed by atoms with Crippen LogP contribution in [-0.4, -0.2) is 31.7 Å². The van der Waals surface area contributed by atoms with E-state index in [1.165, 1.54) is 0 Å². The van der Waals surface area contributed by atoms with Crippen molar-refractivity contribution in [1.29, 1.82) is 0 Å². The first-order valence-electron chi connectivity index (χ1n) is 6.23. The Morgan fingerprint density at radius 2 is 2.16 bits per heavy atom. The van der Waals surface area contributed by atoms with Gasteiger partial charge in [-0.05, 0) is 30.4 Å². The van der Waals surface area contributed by atoms with Crippen molar-refractivity contribution >= 4 is 10.8 Å². The van der Waals surface area contributed by atoms with E-state index < -0.39 is 0 Å². The van der Waals surface area contributed by atoms with Crippen molar-refractivity contribution in [2.45, 2.75) is 12.8 Å². The number of rotatable bonds is 4. The summed E-state index contributed by atoms with van der Waals surface area (Å²) in [5.74, 6) is 0. The maximum atomic E-state index is 8.83. The van der Waals surface area contributed by atoms with Crippen LogP contribution >= 0.6 is 0 Å². The summed E-state index contributed by atoms with van der Waals surface area (Å²) in [6, 6.07) is 8.01. The van der Waals surface area contributed by atoms with Gasteiger partial charge in [-0.1, -0.05) is 17.3 Å². The minimum absolute atomic E-state index is 0.172. The molecule has 2 aromatic heterocycles. The van der Waals surface area contributed by atoms with Crippen molar-refractivity contribution in [3.8, 4) is 5.69 Å². The SMILES string of the molecule is OCCCc1cn(-c2cccc3ccncc23)nn1. The highest BCUT2D eigenvalue weighted by Crippen LogP contribution is 2.20. The van der Waals surface area contributed by atoms with E-state index in [1.807, 2.05) is 36.7 Å². The van der Waals surface area contributed by atoms with E-state index >= 15 is 0 Å². The normalized spacial score (nSPS) is 11.0. The van der Waals surface area contributed by atoms with Crippen molar-refractivity contribution in [2.24, 2.45) is 0 Å². The van der Waals surface area contributed by atoms with E-state index in [0.717, 1.165) is 28.6 Å². The smallest absolute Gasteiger partial charge is 0.0832 e. The zero-order valence-electron chi connectivity index (χ0n) is 10.4. The Bertz CT molecular complexity index is 687. The highest BCUT2D eigenvalue weighted by atomic mass is 16.2. The van der Waals surface area contributed by atoms with Gasteiger partial charge >= 0.3 is 0 Å². The van der Waals surface area contributed by atoms with E-state index in [0.29, 0.717) is 6.42 Å².